The van der Waals surface area contributed by atoms with Gasteiger partial charge in [-0.1, -0.05) is 26.7 Å². The molecule has 2 aliphatic rings. The van der Waals surface area contributed by atoms with Gasteiger partial charge < -0.3 is 9.84 Å². The fourth-order valence-electron chi connectivity index (χ4n) is 3.47. The van der Waals surface area contributed by atoms with Gasteiger partial charge in [-0.05, 0) is 44.9 Å². The highest BCUT2D eigenvalue weighted by Gasteiger charge is 2.46. The summed E-state index contributed by atoms with van der Waals surface area (Å²) in [4.78, 5) is 11.5. The van der Waals surface area contributed by atoms with Gasteiger partial charge in [-0.15, -0.1) is 0 Å². The first-order valence-corrected chi connectivity index (χ1v) is 7.29. The molecule has 1 spiro atoms. The molecule has 2 rings (SSSR count). The number of hydrogen-bond acceptors (Lipinski definition) is 2. The standard InChI is InChI=1S/C15H26O3/c1-11(2)14(3,13(16)17)10-12-6-9-15(18-12)7-4-5-8-15/h11-12H,4-10H2,1-3H3,(H,16,17). The number of hydrogen-bond donors (Lipinski definition) is 1. The van der Waals surface area contributed by atoms with Crippen molar-refractivity contribution in [3.63, 3.8) is 0 Å². The topological polar surface area (TPSA) is 46.5 Å². The summed E-state index contributed by atoms with van der Waals surface area (Å²) in [5, 5.41) is 9.46. The van der Waals surface area contributed by atoms with Gasteiger partial charge >= 0.3 is 5.97 Å². The van der Waals surface area contributed by atoms with Gasteiger partial charge in [0.2, 0.25) is 0 Å². The largest absolute Gasteiger partial charge is 0.481 e. The van der Waals surface area contributed by atoms with Crippen molar-refractivity contribution >= 4 is 5.97 Å². The summed E-state index contributed by atoms with van der Waals surface area (Å²) in [6, 6.07) is 0. The second-order valence-corrected chi connectivity index (χ2v) is 6.75. The molecule has 3 nitrogen and oxygen atoms in total. The van der Waals surface area contributed by atoms with E-state index in [4.69, 9.17) is 4.74 Å². The molecular weight excluding hydrogens is 228 g/mol. The smallest absolute Gasteiger partial charge is 0.309 e. The van der Waals surface area contributed by atoms with Crippen molar-refractivity contribution in [2.24, 2.45) is 11.3 Å². The van der Waals surface area contributed by atoms with E-state index in [1.807, 2.05) is 20.8 Å². The van der Waals surface area contributed by atoms with Gasteiger partial charge in [0.05, 0.1) is 17.1 Å². The Morgan fingerprint density at radius 3 is 2.50 bits per heavy atom. The Balaban J connectivity index is 2.00. The van der Waals surface area contributed by atoms with Gasteiger partial charge in [0.1, 0.15) is 0 Å². The quantitative estimate of drug-likeness (QED) is 0.833. The first-order chi connectivity index (χ1) is 8.38. The second-order valence-electron chi connectivity index (χ2n) is 6.75. The van der Waals surface area contributed by atoms with E-state index in [1.54, 1.807) is 0 Å². The Hall–Kier alpha value is -0.570. The van der Waals surface area contributed by atoms with Crippen LogP contribution in [0, 0.1) is 11.3 Å². The molecule has 0 radical (unpaired) electrons. The van der Waals surface area contributed by atoms with Crippen molar-refractivity contribution in [1.29, 1.82) is 0 Å². The maximum Gasteiger partial charge on any atom is 0.309 e. The van der Waals surface area contributed by atoms with Crippen LogP contribution < -0.4 is 0 Å². The van der Waals surface area contributed by atoms with Gasteiger partial charge in [-0.25, -0.2) is 0 Å². The van der Waals surface area contributed by atoms with Crippen LogP contribution in [0.5, 0.6) is 0 Å². The van der Waals surface area contributed by atoms with E-state index in [-0.39, 0.29) is 17.6 Å². The molecule has 1 saturated heterocycles. The lowest BCUT2D eigenvalue weighted by molar-refractivity contribution is -0.154. The fourth-order valence-corrected chi connectivity index (χ4v) is 3.47. The summed E-state index contributed by atoms with van der Waals surface area (Å²) in [6.07, 6.45) is 7.86. The van der Waals surface area contributed by atoms with E-state index >= 15 is 0 Å². The zero-order chi connectivity index (χ0) is 13.4. The van der Waals surface area contributed by atoms with Crippen LogP contribution in [-0.4, -0.2) is 22.8 Å². The summed E-state index contributed by atoms with van der Waals surface area (Å²) in [5.41, 5.74) is -0.546. The summed E-state index contributed by atoms with van der Waals surface area (Å²) in [7, 11) is 0. The third-order valence-electron chi connectivity index (χ3n) is 5.27. The molecule has 1 saturated carbocycles. The van der Waals surface area contributed by atoms with E-state index in [9.17, 15) is 9.90 Å². The monoisotopic (exact) mass is 254 g/mol. The molecule has 2 atom stereocenters. The molecular formula is C15H26O3. The van der Waals surface area contributed by atoms with Crippen LogP contribution in [0.25, 0.3) is 0 Å². The summed E-state index contributed by atoms with van der Waals surface area (Å²) < 4.78 is 6.24. The molecule has 1 aliphatic heterocycles. The number of ether oxygens (including phenoxy) is 1. The minimum absolute atomic E-state index is 0.112. The van der Waals surface area contributed by atoms with Crippen molar-refractivity contribution in [2.45, 2.75) is 77.4 Å². The maximum absolute atomic E-state index is 11.5. The first-order valence-electron chi connectivity index (χ1n) is 7.29. The van der Waals surface area contributed by atoms with Crippen LogP contribution in [0.2, 0.25) is 0 Å². The van der Waals surface area contributed by atoms with Crippen molar-refractivity contribution in [1.82, 2.24) is 0 Å². The number of aliphatic carboxylic acids is 1. The molecule has 0 bridgehead atoms. The normalized spacial score (nSPS) is 29.9. The molecule has 1 N–H and O–H groups in total. The predicted molar refractivity (Wildman–Crippen MR) is 70.5 cm³/mol. The van der Waals surface area contributed by atoms with Crippen molar-refractivity contribution in [3.05, 3.63) is 0 Å². The third kappa shape index (κ3) is 2.42. The number of carboxylic acids is 1. The highest BCUT2D eigenvalue weighted by Crippen LogP contribution is 2.46. The van der Waals surface area contributed by atoms with Gasteiger partial charge in [0.15, 0.2) is 0 Å². The number of carboxylic acid groups (broad SMARTS) is 1. The zero-order valence-electron chi connectivity index (χ0n) is 11.9. The van der Waals surface area contributed by atoms with Crippen LogP contribution in [-0.2, 0) is 9.53 Å². The lowest BCUT2D eigenvalue weighted by atomic mass is 9.74. The van der Waals surface area contributed by atoms with Crippen LogP contribution in [0.4, 0.5) is 0 Å². The Morgan fingerprint density at radius 2 is 2.00 bits per heavy atom. The average molecular weight is 254 g/mol. The molecule has 2 fully saturated rings. The first kappa shape index (κ1) is 13.9. The summed E-state index contributed by atoms with van der Waals surface area (Å²) >= 11 is 0. The molecule has 0 aromatic carbocycles. The summed E-state index contributed by atoms with van der Waals surface area (Å²) in [5.74, 6) is -0.549. The third-order valence-corrected chi connectivity index (χ3v) is 5.27. The minimum Gasteiger partial charge on any atom is -0.481 e. The molecule has 0 aromatic heterocycles. The van der Waals surface area contributed by atoms with Crippen LogP contribution in [0.1, 0.15) is 65.7 Å². The van der Waals surface area contributed by atoms with E-state index < -0.39 is 11.4 Å². The highest BCUT2D eigenvalue weighted by molar-refractivity contribution is 5.74. The maximum atomic E-state index is 11.5. The van der Waals surface area contributed by atoms with Gasteiger partial charge in [-0.3, -0.25) is 4.79 Å². The number of rotatable bonds is 4. The van der Waals surface area contributed by atoms with Crippen molar-refractivity contribution in [2.75, 3.05) is 0 Å². The minimum atomic E-state index is -0.687. The van der Waals surface area contributed by atoms with Gasteiger partial charge in [-0.2, -0.15) is 0 Å². The molecule has 18 heavy (non-hydrogen) atoms. The van der Waals surface area contributed by atoms with E-state index in [1.165, 1.54) is 25.7 Å². The van der Waals surface area contributed by atoms with Crippen LogP contribution in [0.15, 0.2) is 0 Å². The second kappa shape index (κ2) is 4.84. The van der Waals surface area contributed by atoms with Crippen LogP contribution >= 0.6 is 0 Å². The molecule has 0 aromatic rings. The molecule has 1 heterocycles. The Labute approximate surface area is 110 Å². The zero-order valence-corrected chi connectivity index (χ0v) is 11.9. The Kier molecular flexibility index (Phi) is 3.72. The summed E-state index contributed by atoms with van der Waals surface area (Å²) in [6.45, 7) is 5.85. The van der Waals surface area contributed by atoms with E-state index in [2.05, 4.69) is 0 Å². The van der Waals surface area contributed by atoms with Crippen LogP contribution in [0.3, 0.4) is 0 Å². The SMILES string of the molecule is CC(C)C(C)(CC1CCC2(CCCC2)O1)C(=O)O. The lowest BCUT2D eigenvalue weighted by Crippen LogP contribution is -2.37. The number of carbonyl (C=O) groups is 1. The van der Waals surface area contributed by atoms with Gasteiger partial charge in [0, 0.05) is 0 Å². The molecule has 0 amide bonds. The highest BCUT2D eigenvalue weighted by atomic mass is 16.5. The van der Waals surface area contributed by atoms with Gasteiger partial charge in [0.25, 0.3) is 0 Å². The molecule has 2 unspecified atom stereocenters. The Morgan fingerprint density at radius 1 is 1.39 bits per heavy atom. The van der Waals surface area contributed by atoms with Crippen molar-refractivity contribution < 1.29 is 14.6 Å². The molecule has 3 heteroatoms. The van der Waals surface area contributed by atoms with E-state index in [0.717, 1.165) is 12.8 Å². The Bertz CT molecular complexity index is 318. The fraction of sp³-hybridized carbons (Fsp3) is 0.933. The lowest BCUT2D eigenvalue weighted by Gasteiger charge is -2.32. The molecule has 104 valence electrons. The van der Waals surface area contributed by atoms with Crippen molar-refractivity contribution in [3.8, 4) is 0 Å². The molecule has 1 aliphatic carbocycles. The van der Waals surface area contributed by atoms with E-state index in [0.29, 0.717) is 6.42 Å². The predicted octanol–water partition coefficient (Wildman–Crippen LogP) is 3.62. The average Bonchev–Trinajstić information content (AvgIpc) is 2.89.